The van der Waals surface area contributed by atoms with Gasteiger partial charge < -0.3 is 20.5 Å². The summed E-state index contributed by atoms with van der Waals surface area (Å²) in [6.45, 7) is 3.79. The molecule has 1 atom stereocenters. The lowest BCUT2D eigenvalue weighted by Gasteiger charge is -2.21. The highest BCUT2D eigenvalue weighted by Gasteiger charge is 2.24. The van der Waals surface area contributed by atoms with Gasteiger partial charge in [0.25, 0.3) is 0 Å². The van der Waals surface area contributed by atoms with Crippen molar-refractivity contribution < 1.29 is 14.6 Å². The molecule has 8 heteroatoms. The smallest absolute Gasteiger partial charge is 0.248 e. The van der Waals surface area contributed by atoms with Gasteiger partial charge in [0.1, 0.15) is 6.61 Å². The Kier molecular flexibility index (Phi) is 12.0. The van der Waals surface area contributed by atoms with E-state index in [-0.39, 0.29) is 37.3 Å². The number of β-amino-alcohol motifs (C(OH)–C–C–N with tert-alkyl or cyclic N) is 1. The zero-order chi connectivity index (χ0) is 16.7. The van der Waals surface area contributed by atoms with E-state index in [9.17, 15) is 9.90 Å². The first-order valence-electron chi connectivity index (χ1n) is 8.07. The Balaban J connectivity index is 0.00000288. The highest BCUT2D eigenvalue weighted by Crippen LogP contribution is 2.11. The number of aliphatic hydroxyl groups is 1. The maximum atomic E-state index is 11.9. The van der Waals surface area contributed by atoms with E-state index < -0.39 is 6.10 Å². The van der Waals surface area contributed by atoms with Gasteiger partial charge in [0.05, 0.1) is 6.10 Å². The SMILES string of the molecule is COCC(=O)N1CCN(Cc2ccc(CCN)cc2)CC(O)C1.Cl.Cl. The van der Waals surface area contributed by atoms with Crippen LogP contribution in [0.4, 0.5) is 0 Å². The monoisotopic (exact) mass is 393 g/mol. The minimum Gasteiger partial charge on any atom is -0.390 e. The molecule has 1 unspecified atom stereocenters. The fourth-order valence-corrected chi connectivity index (χ4v) is 2.88. The number of amides is 1. The van der Waals surface area contributed by atoms with Crippen LogP contribution in [0, 0.1) is 0 Å². The number of hydrogen-bond donors (Lipinski definition) is 2. The minimum absolute atomic E-state index is 0. The van der Waals surface area contributed by atoms with Gasteiger partial charge >= 0.3 is 0 Å². The van der Waals surface area contributed by atoms with Crippen LogP contribution in [0.1, 0.15) is 11.1 Å². The summed E-state index contributed by atoms with van der Waals surface area (Å²) >= 11 is 0. The molecule has 1 aliphatic rings. The third kappa shape index (κ3) is 7.90. The van der Waals surface area contributed by atoms with E-state index in [4.69, 9.17) is 10.5 Å². The number of aliphatic hydroxyl groups excluding tert-OH is 1. The number of hydrogen-bond acceptors (Lipinski definition) is 5. The number of carbonyl (C=O) groups is 1. The lowest BCUT2D eigenvalue weighted by Crippen LogP contribution is -2.39. The first kappa shape index (κ1) is 24.1. The summed E-state index contributed by atoms with van der Waals surface area (Å²) in [5.41, 5.74) is 8.01. The fourth-order valence-electron chi connectivity index (χ4n) is 2.88. The summed E-state index contributed by atoms with van der Waals surface area (Å²) in [7, 11) is 1.51. The van der Waals surface area contributed by atoms with Crippen molar-refractivity contribution in [1.82, 2.24) is 9.80 Å². The maximum absolute atomic E-state index is 11.9. The van der Waals surface area contributed by atoms with E-state index >= 15 is 0 Å². The summed E-state index contributed by atoms with van der Waals surface area (Å²) < 4.78 is 4.89. The molecule has 6 nitrogen and oxygen atoms in total. The van der Waals surface area contributed by atoms with Crippen molar-refractivity contribution in [2.75, 3.05) is 46.4 Å². The molecule has 25 heavy (non-hydrogen) atoms. The second-order valence-electron chi connectivity index (χ2n) is 6.02. The fraction of sp³-hybridized carbons (Fsp3) is 0.588. The van der Waals surface area contributed by atoms with Crippen LogP contribution in [-0.2, 0) is 22.5 Å². The van der Waals surface area contributed by atoms with Gasteiger partial charge in [-0.05, 0) is 24.1 Å². The Labute approximate surface area is 162 Å². The van der Waals surface area contributed by atoms with Crippen LogP contribution in [0.15, 0.2) is 24.3 Å². The molecule has 1 heterocycles. The maximum Gasteiger partial charge on any atom is 0.248 e. The van der Waals surface area contributed by atoms with Gasteiger partial charge in [0.2, 0.25) is 5.91 Å². The topological polar surface area (TPSA) is 79.0 Å². The van der Waals surface area contributed by atoms with E-state index in [0.717, 1.165) is 19.5 Å². The van der Waals surface area contributed by atoms with Gasteiger partial charge in [-0.15, -0.1) is 24.8 Å². The van der Waals surface area contributed by atoms with E-state index in [0.29, 0.717) is 26.2 Å². The van der Waals surface area contributed by atoms with Crippen LogP contribution >= 0.6 is 24.8 Å². The van der Waals surface area contributed by atoms with E-state index in [1.165, 1.54) is 18.2 Å². The van der Waals surface area contributed by atoms with Crippen molar-refractivity contribution >= 4 is 30.7 Å². The molecule has 0 saturated carbocycles. The number of methoxy groups -OCH3 is 1. The standard InChI is InChI=1S/C17H27N3O3.2ClH/c1-23-13-17(22)20-9-8-19(11-16(21)12-20)10-15-4-2-14(3-5-15)6-7-18;;/h2-5,16,21H,6-13,18H2,1H3;2*1H. The molecule has 1 aromatic carbocycles. The molecule has 0 aliphatic carbocycles. The predicted octanol–water partition coefficient (Wildman–Crippen LogP) is 0.683. The average molecular weight is 394 g/mol. The Hall–Kier alpha value is -0.890. The second kappa shape index (κ2) is 12.5. The number of nitrogens with two attached hydrogens (primary N) is 1. The van der Waals surface area contributed by atoms with Crippen LogP contribution in [0.3, 0.4) is 0 Å². The molecule has 0 bridgehead atoms. The van der Waals surface area contributed by atoms with Crippen LogP contribution in [0.25, 0.3) is 0 Å². The highest BCUT2D eigenvalue weighted by molar-refractivity contribution is 5.85. The van der Waals surface area contributed by atoms with Crippen molar-refractivity contribution in [3.8, 4) is 0 Å². The van der Waals surface area contributed by atoms with E-state index in [2.05, 4.69) is 29.2 Å². The van der Waals surface area contributed by atoms with Gasteiger partial charge in [0, 0.05) is 39.8 Å². The van der Waals surface area contributed by atoms with Gasteiger partial charge in [-0.3, -0.25) is 9.69 Å². The van der Waals surface area contributed by atoms with Crippen LogP contribution in [0.2, 0.25) is 0 Å². The molecule has 1 aromatic rings. The quantitative estimate of drug-likeness (QED) is 0.742. The largest absolute Gasteiger partial charge is 0.390 e. The minimum atomic E-state index is -0.533. The summed E-state index contributed by atoms with van der Waals surface area (Å²) in [6.07, 6.45) is 0.356. The molecule has 1 amide bonds. The molecule has 0 radical (unpaired) electrons. The summed E-state index contributed by atoms with van der Waals surface area (Å²) in [5, 5.41) is 10.1. The van der Waals surface area contributed by atoms with Crippen molar-refractivity contribution in [3.63, 3.8) is 0 Å². The third-order valence-electron chi connectivity index (χ3n) is 4.07. The number of halogens is 2. The van der Waals surface area contributed by atoms with E-state index in [1.54, 1.807) is 4.90 Å². The molecule has 2 rings (SSSR count). The lowest BCUT2D eigenvalue weighted by molar-refractivity contribution is -0.136. The molecule has 0 spiro atoms. The highest BCUT2D eigenvalue weighted by atomic mass is 35.5. The number of rotatable bonds is 6. The average Bonchev–Trinajstić information content (AvgIpc) is 2.71. The van der Waals surface area contributed by atoms with Crippen molar-refractivity contribution in [1.29, 1.82) is 0 Å². The molecule has 1 saturated heterocycles. The van der Waals surface area contributed by atoms with Crippen molar-refractivity contribution in [3.05, 3.63) is 35.4 Å². The Bertz CT molecular complexity index is 502. The number of benzene rings is 1. The summed E-state index contributed by atoms with van der Waals surface area (Å²) in [6, 6.07) is 8.42. The summed E-state index contributed by atoms with van der Waals surface area (Å²) in [5.74, 6) is -0.0699. The zero-order valence-electron chi connectivity index (χ0n) is 14.6. The molecular weight excluding hydrogens is 365 g/mol. The second-order valence-corrected chi connectivity index (χ2v) is 6.02. The Morgan fingerprint density at radius 2 is 1.84 bits per heavy atom. The van der Waals surface area contributed by atoms with Gasteiger partial charge in [-0.25, -0.2) is 0 Å². The van der Waals surface area contributed by atoms with Gasteiger partial charge in [0.15, 0.2) is 0 Å². The number of carbonyl (C=O) groups excluding carboxylic acids is 1. The first-order chi connectivity index (χ1) is 11.1. The van der Waals surface area contributed by atoms with E-state index in [1.807, 2.05) is 0 Å². The van der Waals surface area contributed by atoms with Crippen LogP contribution < -0.4 is 5.73 Å². The Morgan fingerprint density at radius 1 is 1.20 bits per heavy atom. The third-order valence-corrected chi connectivity index (χ3v) is 4.07. The van der Waals surface area contributed by atoms with Crippen molar-refractivity contribution in [2.45, 2.75) is 19.1 Å². The van der Waals surface area contributed by atoms with Gasteiger partial charge in [-0.2, -0.15) is 0 Å². The summed E-state index contributed by atoms with van der Waals surface area (Å²) in [4.78, 5) is 15.8. The first-order valence-corrected chi connectivity index (χ1v) is 8.07. The number of ether oxygens (including phenoxy) is 1. The molecule has 1 aliphatic heterocycles. The molecule has 1 fully saturated rings. The predicted molar refractivity (Wildman–Crippen MR) is 103 cm³/mol. The van der Waals surface area contributed by atoms with Crippen LogP contribution in [-0.4, -0.2) is 73.4 Å². The lowest BCUT2D eigenvalue weighted by atomic mass is 10.1. The molecule has 0 aromatic heterocycles. The normalized spacial score (nSPS) is 18.0. The van der Waals surface area contributed by atoms with Crippen LogP contribution in [0.5, 0.6) is 0 Å². The molecular formula is C17H29Cl2N3O3. The molecule has 3 N–H and O–H groups in total. The Morgan fingerprint density at radius 3 is 2.44 bits per heavy atom. The number of nitrogens with zero attached hydrogens (tertiary/aromatic N) is 2. The van der Waals surface area contributed by atoms with Crippen molar-refractivity contribution in [2.24, 2.45) is 5.73 Å². The van der Waals surface area contributed by atoms with Gasteiger partial charge in [-0.1, -0.05) is 24.3 Å². The molecule has 144 valence electrons. The zero-order valence-corrected chi connectivity index (χ0v) is 16.2.